The molecule has 0 aliphatic heterocycles. The van der Waals surface area contributed by atoms with Crippen molar-refractivity contribution in [3.8, 4) is 5.69 Å². The van der Waals surface area contributed by atoms with E-state index in [1.54, 1.807) is 4.68 Å². The highest BCUT2D eigenvalue weighted by molar-refractivity contribution is 9.10. The van der Waals surface area contributed by atoms with Crippen molar-refractivity contribution in [2.24, 2.45) is 0 Å². The van der Waals surface area contributed by atoms with E-state index in [1.165, 1.54) is 5.56 Å². The van der Waals surface area contributed by atoms with E-state index in [2.05, 4.69) is 47.0 Å². The lowest BCUT2D eigenvalue weighted by molar-refractivity contribution is 0.785. The van der Waals surface area contributed by atoms with Gasteiger partial charge in [0.15, 0.2) is 0 Å². The zero-order valence-electron chi connectivity index (χ0n) is 11.8. The van der Waals surface area contributed by atoms with Gasteiger partial charge in [-0.25, -0.2) is 4.68 Å². The van der Waals surface area contributed by atoms with E-state index in [-0.39, 0.29) is 5.56 Å². The van der Waals surface area contributed by atoms with E-state index in [0.29, 0.717) is 4.47 Å². The summed E-state index contributed by atoms with van der Waals surface area (Å²) in [5.74, 6) is 0. The van der Waals surface area contributed by atoms with Crippen molar-refractivity contribution in [1.82, 2.24) is 9.78 Å². The molecule has 0 amide bonds. The SMILES string of the molecule is CCCc1[nH]n(-c2c(C)cc(C)cc2C)c(=O)c1Br. The van der Waals surface area contributed by atoms with Crippen LogP contribution in [0.25, 0.3) is 5.69 Å². The van der Waals surface area contributed by atoms with Gasteiger partial charge in [-0.15, -0.1) is 0 Å². The smallest absolute Gasteiger partial charge is 0.285 e. The summed E-state index contributed by atoms with van der Waals surface area (Å²) >= 11 is 3.40. The first-order valence-corrected chi connectivity index (χ1v) is 7.32. The quantitative estimate of drug-likeness (QED) is 0.916. The van der Waals surface area contributed by atoms with Crippen LogP contribution in [0.15, 0.2) is 21.4 Å². The molecular weight excluding hydrogens is 304 g/mol. The first-order valence-electron chi connectivity index (χ1n) is 6.53. The predicted octanol–water partition coefficient (Wildman–Crippen LogP) is 3.81. The first kappa shape index (κ1) is 14.1. The molecule has 0 unspecified atom stereocenters. The molecule has 19 heavy (non-hydrogen) atoms. The van der Waals surface area contributed by atoms with Crippen molar-refractivity contribution < 1.29 is 0 Å². The molecule has 0 atom stereocenters. The second-order valence-electron chi connectivity index (χ2n) is 5.04. The zero-order valence-corrected chi connectivity index (χ0v) is 13.4. The number of aromatic amines is 1. The molecule has 2 rings (SSSR count). The molecule has 0 aliphatic rings. The number of H-pyrrole nitrogens is 1. The summed E-state index contributed by atoms with van der Waals surface area (Å²) < 4.78 is 2.30. The Morgan fingerprint density at radius 2 is 1.79 bits per heavy atom. The van der Waals surface area contributed by atoms with Crippen molar-refractivity contribution >= 4 is 15.9 Å². The first-order chi connectivity index (χ1) is 8.95. The highest BCUT2D eigenvalue weighted by Gasteiger charge is 2.15. The van der Waals surface area contributed by atoms with Crippen LogP contribution in [0.3, 0.4) is 0 Å². The molecule has 1 aromatic carbocycles. The van der Waals surface area contributed by atoms with Crippen molar-refractivity contribution in [3.63, 3.8) is 0 Å². The van der Waals surface area contributed by atoms with E-state index < -0.39 is 0 Å². The van der Waals surface area contributed by atoms with Gasteiger partial charge in [-0.2, -0.15) is 0 Å². The molecule has 0 aliphatic carbocycles. The van der Waals surface area contributed by atoms with E-state index in [1.807, 2.05) is 13.8 Å². The Balaban J connectivity index is 2.66. The maximum atomic E-state index is 12.3. The Morgan fingerprint density at radius 1 is 1.21 bits per heavy atom. The second-order valence-corrected chi connectivity index (χ2v) is 5.84. The Morgan fingerprint density at radius 3 is 2.32 bits per heavy atom. The predicted molar refractivity (Wildman–Crippen MR) is 82.3 cm³/mol. The summed E-state index contributed by atoms with van der Waals surface area (Å²) in [6.07, 6.45) is 1.87. The fourth-order valence-corrected chi connectivity index (χ4v) is 3.02. The highest BCUT2D eigenvalue weighted by atomic mass is 79.9. The number of hydrogen-bond donors (Lipinski definition) is 1. The summed E-state index contributed by atoms with van der Waals surface area (Å²) in [6, 6.07) is 4.20. The zero-order chi connectivity index (χ0) is 14.2. The highest BCUT2D eigenvalue weighted by Crippen LogP contribution is 2.21. The third kappa shape index (κ3) is 2.54. The van der Waals surface area contributed by atoms with Gasteiger partial charge in [0, 0.05) is 0 Å². The van der Waals surface area contributed by atoms with Gasteiger partial charge in [0.05, 0.1) is 11.4 Å². The Hall–Kier alpha value is -1.29. The molecule has 0 radical (unpaired) electrons. The maximum Gasteiger partial charge on any atom is 0.285 e. The van der Waals surface area contributed by atoms with Crippen LogP contribution in [-0.4, -0.2) is 9.78 Å². The lowest BCUT2D eigenvalue weighted by Gasteiger charge is -2.11. The average Bonchev–Trinajstić information content (AvgIpc) is 2.57. The van der Waals surface area contributed by atoms with Crippen molar-refractivity contribution in [3.05, 3.63) is 49.3 Å². The third-order valence-electron chi connectivity index (χ3n) is 3.26. The minimum absolute atomic E-state index is 0.0153. The maximum absolute atomic E-state index is 12.3. The van der Waals surface area contributed by atoms with Gasteiger partial charge in [-0.3, -0.25) is 9.89 Å². The van der Waals surface area contributed by atoms with Crippen LogP contribution in [0.2, 0.25) is 0 Å². The number of benzene rings is 1. The van der Waals surface area contributed by atoms with Gasteiger partial charge in [0.25, 0.3) is 5.56 Å². The van der Waals surface area contributed by atoms with Gasteiger partial charge in [0.1, 0.15) is 4.47 Å². The molecule has 1 heterocycles. The van der Waals surface area contributed by atoms with Crippen LogP contribution >= 0.6 is 15.9 Å². The summed E-state index contributed by atoms with van der Waals surface area (Å²) in [6.45, 7) is 8.25. The topological polar surface area (TPSA) is 37.8 Å². The van der Waals surface area contributed by atoms with Crippen LogP contribution in [0.5, 0.6) is 0 Å². The van der Waals surface area contributed by atoms with Crippen LogP contribution in [0.1, 0.15) is 35.7 Å². The molecule has 3 nitrogen and oxygen atoms in total. The number of halogens is 1. The molecule has 0 spiro atoms. The number of aromatic nitrogens is 2. The monoisotopic (exact) mass is 322 g/mol. The van der Waals surface area contributed by atoms with Crippen LogP contribution in [0, 0.1) is 20.8 Å². The molecule has 2 aromatic rings. The number of nitrogens with one attached hydrogen (secondary N) is 1. The van der Waals surface area contributed by atoms with Gasteiger partial charge in [-0.05, 0) is 54.2 Å². The fraction of sp³-hybridized carbons (Fsp3) is 0.400. The van der Waals surface area contributed by atoms with Crippen molar-refractivity contribution in [1.29, 1.82) is 0 Å². The number of rotatable bonds is 3. The fourth-order valence-electron chi connectivity index (χ4n) is 2.56. The minimum atomic E-state index is -0.0153. The van der Waals surface area contributed by atoms with E-state index >= 15 is 0 Å². The lowest BCUT2D eigenvalue weighted by atomic mass is 10.1. The molecule has 0 saturated heterocycles. The molecule has 0 bridgehead atoms. The standard InChI is InChI=1S/C15H19BrN2O/c1-5-6-12-13(16)15(19)18(17-12)14-10(3)7-9(2)8-11(14)4/h7-8,17H,5-6H2,1-4H3. The van der Waals surface area contributed by atoms with Crippen LogP contribution in [-0.2, 0) is 6.42 Å². The summed E-state index contributed by atoms with van der Waals surface area (Å²) in [5.41, 5.74) is 5.34. The third-order valence-corrected chi connectivity index (χ3v) is 4.08. The minimum Gasteiger partial charge on any atom is -0.294 e. The number of hydrogen-bond acceptors (Lipinski definition) is 1. The van der Waals surface area contributed by atoms with E-state index in [0.717, 1.165) is 35.3 Å². The Kier molecular flexibility index (Phi) is 3.99. The molecule has 0 saturated carbocycles. The number of nitrogens with zero attached hydrogens (tertiary/aromatic N) is 1. The van der Waals surface area contributed by atoms with E-state index in [9.17, 15) is 4.79 Å². The van der Waals surface area contributed by atoms with Crippen molar-refractivity contribution in [2.45, 2.75) is 40.5 Å². The average molecular weight is 323 g/mol. The molecular formula is C15H19BrN2O. The van der Waals surface area contributed by atoms with Crippen LogP contribution < -0.4 is 5.56 Å². The summed E-state index contributed by atoms with van der Waals surface area (Å²) in [7, 11) is 0. The summed E-state index contributed by atoms with van der Waals surface area (Å²) in [4.78, 5) is 12.3. The Bertz CT molecular complexity index is 644. The number of aryl methyl sites for hydroxylation is 4. The van der Waals surface area contributed by atoms with Gasteiger partial charge in [0.2, 0.25) is 0 Å². The van der Waals surface area contributed by atoms with Gasteiger partial charge in [-0.1, -0.05) is 31.0 Å². The Labute approximate surface area is 121 Å². The van der Waals surface area contributed by atoms with Gasteiger partial charge >= 0.3 is 0 Å². The van der Waals surface area contributed by atoms with Crippen LogP contribution in [0.4, 0.5) is 0 Å². The summed E-state index contributed by atoms with van der Waals surface area (Å²) in [5, 5.41) is 3.23. The molecule has 4 heteroatoms. The largest absolute Gasteiger partial charge is 0.294 e. The van der Waals surface area contributed by atoms with E-state index in [4.69, 9.17) is 0 Å². The molecule has 0 fully saturated rings. The normalized spacial score (nSPS) is 11.0. The van der Waals surface area contributed by atoms with Crippen molar-refractivity contribution in [2.75, 3.05) is 0 Å². The molecule has 102 valence electrons. The molecule has 1 N–H and O–H groups in total. The second kappa shape index (κ2) is 5.37. The lowest BCUT2D eigenvalue weighted by Crippen LogP contribution is -2.17. The molecule has 1 aromatic heterocycles. The van der Waals surface area contributed by atoms with Gasteiger partial charge < -0.3 is 0 Å².